The number of allylic oxidation sites excluding steroid dienone is 2. The first-order valence-electron chi connectivity index (χ1n) is 12.5. The molecule has 0 aliphatic carbocycles. The van der Waals surface area contributed by atoms with Crippen LogP contribution < -0.4 is 0 Å². The van der Waals surface area contributed by atoms with Crippen LogP contribution in [0.2, 0.25) is 0 Å². The summed E-state index contributed by atoms with van der Waals surface area (Å²) in [6.45, 7) is 6.69. The molecule has 0 fully saturated rings. The van der Waals surface area contributed by atoms with Crippen LogP contribution in [0, 0.1) is 11.8 Å². The number of carboxylic acids is 1. The van der Waals surface area contributed by atoms with Gasteiger partial charge in [0.15, 0.2) is 0 Å². The lowest BCUT2D eigenvalue weighted by Crippen LogP contribution is -2.18. The van der Waals surface area contributed by atoms with Crippen LogP contribution in [0.1, 0.15) is 136 Å². The Morgan fingerprint density at radius 1 is 0.714 bits per heavy atom. The molecule has 0 aliphatic rings. The van der Waals surface area contributed by atoms with E-state index < -0.39 is 5.97 Å². The molecule has 2 atom stereocenters. The molecule has 0 heterocycles. The van der Waals surface area contributed by atoms with Gasteiger partial charge in [0, 0.05) is 0 Å². The minimum absolute atomic E-state index is 0.126. The third kappa shape index (κ3) is 17.3. The number of carboxylic acid groups (broad SMARTS) is 1. The molecule has 0 aromatic heterocycles. The molecule has 0 radical (unpaired) electrons. The molecule has 28 heavy (non-hydrogen) atoms. The highest BCUT2D eigenvalue weighted by Crippen LogP contribution is 2.25. The average molecular weight is 395 g/mol. The first kappa shape index (κ1) is 27.2. The highest BCUT2D eigenvalue weighted by molar-refractivity contribution is 5.69. The first-order chi connectivity index (χ1) is 13.7. The van der Waals surface area contributed by atoms with Crippen molar-refractivity contribution in [3.8, 4) is 0 Å². The molecule has 0 aliphatic heterocycles. The van der Waals surface area contributed by atoms with Crippen molar-refractivity contribution in [2.45, 2.75) is 136 Å². The van der Waals surface area contributed by atoms with Gasteiger partial charge in [0.2, 0.25) is 0 Å². The van der Waals surface area contributed by atoms with E-state index in [4.69, 9.17) is 0 Å². The second kappa shape index (κ2) is 20.9. The summed E-state index contributed by atoms with van der Waals surface area (Å²) in [5.41, 5.74) is 0. The van der Waals surface area contributed by atoms with Gasteiger partial charge in [-0.2, -0.15) is 0 Å². The smallest absolute Gasteiger partial charge is 0.306 e. The highest BCUT2D eigenvalue weighted by atomic mass is 16.4. The Balaban J connectivity index is 3.67. The first-order valence-corrected chi connectivity index (χ1v) is 12.5. The van der Waals surface area contributed by atoms with Crippen LogP contribution in [0.5, 0.6) is 0 Å². The van der Waals surface area contributed by atoms with Crippen molar-refractivity contribution in [2.24, 2.45) is 11.8 Å². The largest absolute Gasteiger partial charge is 0.481 e. The lowest BCUT2D eigenvalue weighted by molar-refractivity contribution is -0.142. The van der Waals surface area contributed by atoms with Gasteiger partial charge in [-0.05, 0) is 44.4 Å². The number of rotatable bonds is 21. The van der Waals surface area contributed by atoms with Crippen LogP contribution in [-0.2, 0) is 4.79 Å². The molecule has 166 valence electrons. The molecule has 0 bridgehead atoms. The topological polar surface area (TPSA) is 37.3 Å². The standard InChI is InChI=1S/C26H50O2/c1-4-7-9-10-11-12-13-14-15-16-17-18-19-20-22-25(26(27)28)23-24(6-3)21-8-5-2/h14-15,24-25H,4-13,16-23H2,1-3H3,(H,27,28)/b15-14-. The summed E-state index contributed by atoms with van der Waals surface area (Å²) in [7, 11) is 0. The van der Waals surface area contributed by atoms with Crippen LogP contribution in [0.25, 0.3) is 0 Å². The average Bonchev–Trinajstić information content (AvgIpc) is 2.69. The van der Waals surface area contributed by atoms with Crippen molar-refractivity contribution < 1.29 is 9.90 Å². The predicted octanol–water partition coefficient (Wildman–Crippen LogP) is 8.94. The monoisotopic (exact) mass is 394 g/mol. The highest BCUT2D eigenvalue weighted by Gasteiger charge is 2.21. The van der Waals surface area contributed by atoms with Crippen LogP contribution in [-0.4, -0.2) is 11.1 Å². The van der Waals surface area contributed by atoms with Gasteiger partial charge in [-0.15, -0.1) is 0 Å². The van der Waals surface area contributed by atoms with Crippen molar-refractivity contribution in [3.05, 3.63) is 12.2 Å². The maximum absolute atomic E-state index is 11.6. The maximum Gasteiger partial charge on any atom is 0.306 e. The molecule has 0 saturated heterocycles. The molecular formula is C26H50O2. The zero-order valence-corrected chi connectivity index (χ0v) is 19.4. The molecule has 0 amide bonds. The van der Waals surface area contributed by atoms with Gasteiger partial charge in [-0.3, -0.25) is 4.79 Å². The molecule has 0 rings (SSSR count). The van der Waals surface area contributed by atoms with Gasteiger partial charge in [-0.1, -0.05) is 110 Å². The minimum Gasteiger partial charge on any atom is -0.481 e. The summed E-state index contributed by atoms with van der Waals surface area (Å²) < 4.78 is 0. The van der Waals surface area contributed by atoms with Gasteiger partial charge in [0.05, 0.1) is 5.92 Å². The SMILES string of the molecule is CCCCCCCC/C=C\CCCCCCC(CC(CC)CCCC)C(=O)O. The Kier molecular flexibility index (Phi) is 20.3. The van der Waals surface area contributed by atoms with Crippen molar-refractivity contribution in [1.82, 2.24) is 0 Å². The number of unbranched alkanes of at least 4 members (excludes halogenated alkanes) is 11. The fraction of sp³-hybridized carbons (Fsp3) is 0.885. The number of hydrogen-bond donors (Lipinski definition) is 1. The van der Waals surface area contributed by atoms with E-state index >= 15 is 0 Å². The van der Waals surface area contributed by atoms with Crippen LogP contribution in [0.3, 0.4) is 0 Å². The summed E-state index contributed by atoms with van der Waals surface area (Å²) in [6, 6.07) is 0. The Labute approximate surface area is 176 Å². The molecule has 1 N–H and O–H groups in total. The van der Waals surface area contributed by atoms with Crippen molar-refractivity contribution in [2.75, 3.05) is 0 Å². The van der Waals surface area contributed by atoms with Gasteiger partial charge >= 0.3 is 5.97 Å². The van der Waals surface area contributed by atoms with E-state index in [0.29, 0.717) is 5.92 Å². The lowest BCUT2D eigenvalue weighted by Gasteiger charge is -2.19. The van der Waals surface area contributed by atoms with E-state index in [-0.39, 0.29) is 5.92 Å². The Morgan fingerprint density at radius 3 is 1.79 bits per heavy atom. The van der Waals surface area contributed by atoms with E-state index in [1.807, 2.05) is 0 Å². The number of carbonyl (C=O) groups is 1. The molecule has 2 unspecified atom stereocenters. The molecule has 2 heteroatoms. The van der Waals surface area contributed by atoms with Gasteiger partial charge in [-0.25, -0.2) is 0 Å². The second-order valence-electron chi connectivity index (χ2n) is 8.71. The zero-order chi connectivity index (χ0) is 20.9. The quantitative estimate of drug-likeness (QED) is 0.156. The third-order valence-electron chi connectivity index (χ3n) is 6.07. The summed E-state index contributed by atoms with van der Waals surface area (Å²) >= 11 is 0. The molecule has 0 aromatic rings. The summed E-state index contributed by atoms with van der Waals surface area (Å²) in [5.74, 6) is -0.107. The van der Waals surface area contributed by atoms with Crippen molar-refractivity contribution >= 4 is 5.97 Å². The minimum atomic E-state index is -0.576. The van der Waals surface area contributed by atoms with Crippen LogP contribution >= 0.6 is 0 Å². The summed E-state index contributed by atoms with van der Waals surface area (Å²) in [5, 5.41) is 9.54. The second-order valence-corrected chi connectivity index (χ2v) is 8.71. The Bertz CT molecular complexity index is 361. The fourth-order valence-corrected chi connectivity index (χ4v) is 4.01. The fourth-order valence-electron chi connectivity index (χ4n) is 4.01. The number of hydrogen-bond acceptors (Lipinski definition) is 1. The van der Waals surface area contributed by atoms with E-state index in [2.05, 4.69) is 32.9 Å². The Morgan fingerprint density at radius 2 is 1.25 bits per heavy atom. The van der Waals surface area contributed by atoms with E-state index in [1.54, 1.807) is 0 Å². The summed E-state index contributed by atoms with van der Waals surface area (Å²) in [6.07, 6.45) is 26.6. The van der Waals surface area contributed by atoms with Gasteiger partial charge in [0.25, 0.3) is 0 Å². The Hall–Kier alpha value is -0.790. The van der Waals surface area contributed by atoms with Crippen molar-refractivity contribution in [3.63, 3.8) is 0 Å². The van der Waals surface area contributed by atoms with Gasteiger partial charge < -0.3 is 5.11 Å². The van der Waals surface area contributed by atoms with E-state index in [9.17, 15) is 9.90 Å². The summed E-state index contributed by atoms with van der Waals surface area (Å²) in [4.78, 5) is 11.6. The third-order valence-corrected chi connectivity index (χ3v) is 6.07. The molecule has 0 aromatic carbocycles. The van der Waals surface area contributed by atoms with E-state index in [0.717, 1.165) is 25.7 Å². The molecule has 0 saturated carbocycles. The van der Waals surface area contributed by atoms with E-state index in [1.165, 1.54) is 89.9 Å². The molecule has 0 spiro atoms. The zero-order valence-electron chi connectivity index (χ0n) is 19.4. The molecule has 2 nitrogen and oxygen atoms in total. The maximum atomic E-state index is 11.6. The molecular weight excluding hydrogens is 344 g/mol. The van der Waals surface area contributed by atoms with Crippen LogP contribution in [0.4, 0.5) is 0 Å². The van der Waals surface area contributed by atoms with Gasteiger partial charge in [0.1, 0.15) is 0 Å². The lowest BCUT2D eigenvalue weighted by atomic mass is 9.86. The van der Waals surface area contributed by atoms with Crippen molar-refractivity contribution in [1.29, 1.82) is 0 Å². The predicted molar refractivity (Wildman–Crippen MR) is 124 cm³/mol. The van der Waals surface area contributed by atoms with Crippen LogP contribution in [0.15, 0.2) is 12.2 Å². The number of aliphatic carboxylic acids is 1. The normalized spacial score (nSPS) is 13.8.